The summed E-state index contributed by atoms with van der Waals surface area (Å²) >= 11 is 85.8. The van der Waals surface area contributed by atoms with Crippen LogP contribution in [0.5, 0.6) is 0 Å². The molecule has 0 amide bonds. The number of aryl methyl sites for hydroxylation is 3. The van der Waals surface area contributed by atoms with Crippen LogP contribution in [0.3, 0.4) is 0 Å². The van der Waals surface area contributed by atoms with Crippen molar-refractivity contribution in [2.45, 2.75) is 165 Å². The van der Waals surface area contributed by atoms with E-state index in [1.165, 1.54) is 52.3 Å². The number of ketones is 3. The number of halogens is 24. The van der Waals surface area contributed by atoms with Crippen LogP contribution < -0.4 is 29.6 Å². The number of hydrogen-bond donors (Lipinski definition) is 3. The van der Waals surface area contributed by atoms with Crippen LogP contribution in [-0.4, -0.2) is 112 Å². The topological polar surface area (TPSA) is 264 Å². The van der Waals surface area contributed by atoms with E-state index >= 15 is 0 Å². The van der Waals surface area contributed by atoms with E-state index in [1.54, 1.807) is 42.7 Å². The minimum Gasteiger partial charge on any atom is -0.796 e. The maximum absolute atomic E-state index is 14.2. The van der Waals surface area contributed by atoms with Crippen LogP contribution >= 0.6 is 303 Å². The van der Waals surface area contributed by atoms with Gasteiger partial charge in [0.15, 0.2) is 17.7 Å². The molecule has 7 aromatic heterocycles. The van der Waals surface area contributed by atoms with Crippen LogP contribution in [0, 0.1) is 11.3 Å². The molecular formula is C64H73AlCl20F4NNaO14S10Si. The van der Waals surface area contributed by atoms with Gasteiger partial charge in [0.1, 0.15) is 28.9 Å². The van der Waals surface area contributed by atoms with Crippen molar-refractivity contribution in [1.29, 1.82) is 5.26 Å². The van der Waals surface area contributed by atoms with E-state index in [2.05, 4.69) is 89.2 Å². The SMILES string of the molecule is C.C.C.CC#N.CC(C)(C)[Si](C)(C)OC1=C(F)Cc2c(Cl)sc(Cl)c21.CO.C[S-].O=C(Cl)CCc1cc(Cl)sc1Cl.O=C(O)CCc1cc(Cl)sc1Cl.O=C(O)CCc1ccsc1.O=C1CCc2c(Cl)sc(Cl)c21.O=C1c2c(Cl)sc(Cl)c2CC1(F)F.O=C1c2c(Cl)sc(Cl)c2CC1F.O=S(=O)(Cl)Cl.O=S(=O)(Cl)Cl.[2H]CC.[Cl][Al]([Cl])[Cl].[Na+]. The molecule has 0 saturated heterocycles. The number of rotatable bonds is 11. The summed E-state index contributed by atoms with van der Waals surface area (Å²) in [4.78, 5) is 64.1. The molecular weight excluding hydrogens is 2190 g/mol. The molecule has 3 N–H and O–H groups in total. The summed E-state index contributed by atoms with van der Waals surface area (Å²) in [5.41, 5.74) is 6.83. The zero-order chi connectivity index (χ0) is 88.9. The van der Waals surface area contributed by atoms with E-state index in [1.807, 2.05) is 16.8 Å². The van der Waals surface area contributed by atoms with Gasteiger partial charge in [-0.3, -0.25) is 28.8 Å². The fourth-order valence-electron chi connectivity index (χ4n) is 7.74. The van der Waals surface area contributed by atoms with Gasteiger partial charge in [0.05, 0.1) is 63.0 Å². The standard InChI is InChI=1S/C13H17Cl2FOSSi.C7H5Cl3OS.C7H2Cl2F2OS.C7H3Cl2FOS.C7H6Cl2O2S.C7H4Cl2OS.C7H8O2S.C2H3N.C2H6.CH4O.CH4S.3CH4.Al.2Cl2O2S.3ClH.Na/c1-13(2,3)19(4,5)17-10-8(16)6-7-9(10)12(15)18-11(7)14;8-5(11)2-1-4-3-6(9)12-7(4)10;8-5-2-1-7(10,11)4(12)3(2)6(9)13-5;8-6-2-1-3(10)5(11)4(2)7(9)12-6;8-5-3-4(7(9)12-5)1-2-6(10)11;8-6-3-1-2-4(10)5(3)7(9)11-6;8-7(9)2-1-6-3-4-10-5-6;1-2-3;3*1-2;;;;;2*1-5(2,3)4;;;;/h6H2,1-5H3;3H,1-2H2;1H2;3H,1H2;3H,1-2H2,(H,10,11);1-2H2;3-5H,1-2H2,(H,8,9);1H3;1-2H3;2*2H,1H3;3*1H4;;;;3*1H;/q;;;;;;;;;;;;;;+3;;;;;;+1/p-4/i;;;;;;;;1D;;;;;;;;;;;;. The van der Waals surface area contributed by atoms with Crippen LogP contribution in [0.15, 0.2) is 34.8 Å². The number of carboxylic acids is 2. The fraction of sp³-hybridized carbons (Fsp3) is 0.422. The van der Waals surface area contributed by atoms with Crippen molar-refractivity contribution in [2.75, 3.05) is 13.4 Å². The van der Waals surface area contributed by atoms with Crippen molar-refractivity contribution in [3.63, 3.8) is 0 Å². The molecule has 0 aromatic carbocycles. The number of carboxylic acid groups (broad SMARTS) is 2. The van der Waals surface area contributed by atoms with Crippen LogP contribution in [0.1, 0.15) is 166 Å². The van der Waals surface area contributed by atoms with Crippen LogP contribution in [0.2, 0.25) is 70.2 Å². The van der Waals surface area contributed by atoms with E-state index in [4.69, 9.17) is 224 Å². The van der Waals surface area contributed by atoms with Gasteiger partial charge >= 0.3 is 75.3 Å². The van der Waals surface area contributed by atoms with Crippen molar-refractivity contribution in [1.82, 2.24) is 0 Å². The van der Waals surface area contributed by atoms with Gasteiger partial charge in [-0.25, -0.2) is 38.9 Å². The first-order valence-electron chi connectivity index (χ1n) is 30.3. The Morgan fingerprint density at radius 2 is 1.03 bits per heavy atom. The smallest absolute Gasteiger partial charge is 0.796 e. The molecule has 0 aliphatic heterocycles. The molecule has 52 heteroatoms. The number of alkyl halides is 3. The third-order valence-corrected chi connectivity index (χ3v) is 28.4. The number of nitriles is 1. The van der Waals surface area contributed by atoms with E-state index in [0.29, 0.717) is 110 Å². The second kappa shape index (κ2) is 64.7. The first-order chi connectivity index (χ1) is 51.8. The van der Waals surface area contributed by atoms with Gasteiger partial charge in [-0.1, -0.05) is 196 Å². The molecule has 4 aliphatic rings. The Bertz CT molecular complexity index is 4460. The molecule has 1 unspecified atom stereocenters. The van der Waals surface area contributed by atoms with Crippen molar-refractivity contribution in [3.8, 4) is 6.07 Å². The predicted molar refractivity (Wildman–Crippen MR) is 499 cm³/mol. The van der Waals surface area contributed by atoms with Crippen molar-refractivity contribution in [2.24, 2.45) is 0 Å². The molecule has 0 radical (unpaired) electrons. The Balaban J connectivity index is -0.000000231. The number of aliphatic hydroxyl groups excluding tert-OH is 1. The van der Waals surface area contributed by atoms with Gasteiger partial charge in [0, 0.05) is 114 Å². The average Bonchev–Trinajstić information content (AvgIpc) is 1.62. The van der Waals surface area contributed by atoms with Crippen LogP contribution in [0.4, 0.5) is 17.6 Å². The second-order valence-electron chi connectivity index (χ2n) is 21.7. The number of thiophene rings is 7. The van der Waals surface area contributed by atoms with Crippen LogP contribution in [-0.2, 0) is 92.9 Å². The largest absolute Gasteiger partial charge is 1.00 e. The molecule has 1 atom stereocenters. The van der Waals surface area contributed by atoms with Gasteiger partial charge in [0.2, 0.25) is 11.0 Å². The minimum atomic E-state index is -3.72. The first kappa shape index (κ1) is 129. The number of carbonyl (C=O) groups excluding carboxylic acids is 4. The number of carbonyl (C=O) groups is 6. The van der Waals surface area contributed by atoms with Crippen LogP contribution in [0.25, 0.3) is 5.76 Å². The molecule has 7 aromatic rings. The molecule has 0 fully saturated rings. The summed E-state index contributed by atoms with van der Waals surface area (Å²) in [7, 11) is 23.4. The molecule has 7 heterocycles. The summed E-state index contributed by atoms with van der Waals surface area (Å²) in [5, 5.41) is 34.6. The van der Waals surface area contributed by atoms with Gasteiger partial charge < -0.3 is 32.4 Å². The maximum Gasteiger partial charge on any atom is 1.00 e. The quantitative estimate of drug-likeness (QED) is 0.0470. The normalized spacial score (nSPS) is 13.0. The molecule has 116 heavy (non-hydrogen) atoms. The number of hydrogen-bond acceptors (Lipinski definition) is 21. The van der Waals surface area contributed by atoms with Gasteiger partial charge in [0.25, 0.3) is 8.32 Å². The van der Waals surface area contributed by atoms with Gasteiger partial charge in [-0.15, -0.1) is 68.0 Å². The number of fused-ring (bicyclic) bond motifs is 4. The summed E-state index contributed by atoms with van der Waals surface area (Å²) in [5.74, 6) is -6.44. The van der Waals surface area contributed by atoms with Crippen molar-refractivity contribution >= 4 is 392 Å². The molecule has 15 nitrogen and oxygen atoms in total. The summed E-state index contributed by atoms with van der Waals surface area (Å²) in [6, 6.07) is 7.17. The number of allylic oxidation sites excluding steroid dienone is 1. The minimum absolute atomic E-state index is 0. The summed E-state index contributed by atoms with van der Waals surface area (Å²) < 4.78 is 107. The second-order valence-corrected chi connectivity index (χ2v) is 54.8. The monoisotopic (exact) mass is 2250 g/mol. The van der Waals surface area contributed by atoms with E-state index < -0.39 is 78.3 Å². The Hall–Kier alpha value is 2.03. The van der Waals surface area contributed by atoms with E-state index in [0.717, 1.165) is 64.0 Å². The Morgan fingerprint density at radius 3 is 1.37 bits per heavy atom. The number of nitrogens with zero attached hydrogens (tertiary/aromatic N) is 1. The number of aliphatic hydroxyl groups is 1. The maximum atomic E-state index is 14.2. The molecule has 0 saturated carbocycles. The number of Topliss-reactive ketones (excluding diaryl/α,β-unsaturated/α-hetero) is 3. The number of aliphatic carboxylic acids is 2. The van der Waals surface area contributed by atoms with Crippen molar-refractivity contribution in [3.05, 3.63) is 148 Å². The summed E-state index contributed by atoms with van der Waals surface area (Å²) in [6.45, 7) is 14.3. The van der Waals surface area contributed by atoms with E-state index in [9.17, 15) is 46.3 Å². The zero-order valence-corrected chi connectivity index (χ0v) is 86.9. The summed E-state index contributed by atoms with van der Waals surface area (Å²) in [6.07, 6.45) is 3.39. The molecule has 4 aliphatic carbocycles. The average molecular weight is 2270 g/mol. The zero-order valence-electron chi connectivity index (χ0n) is 60.5. The molecule has 11 rings (SSSR count). The Morgan fingerprint density at radius 1 is 0.664 bits per heavy atom. The van der Waals surface area contributed by atoms with Crippen molar-refractivity contribution < 1.29 is 114 Å². The molecule has 654 valence electrons. The predicted octanol–water partition coefficient (Wildman–Crippen LogP) is 28.0. The Labute approximate surface area is 831 Å². The third kappa shape index (κ3) is 50.7. The molecule has 0 bridgehead atoms. The molecule has 0 spiro atoms. The fourth-order valence-corrected chi connectivity index (χ4v) is 19.7. The van der Waals surface area contributed by atoms with E-state index in [-0.39, 0.29) is 119 Å². The Kier molecular flexibility index (Phi) is 71.9. The van der Waals surface area contributed by atoms with Gasteiger partial charge in [-0.05, 0) is 112 Å². The van der Waals surface area contributed by atoms with Gasteiger partial charge in [-0.2, -0.15) is 48.5 Å². The first-order valence-corrected chi connectivity index (χ1v) is 55.6. The third-order valence-electron chi connectivity index (χ3n) is 13.2.